The second-order valence-corrected chi connectivity index (χ2v) is 10.8. The number of nitrogens with one attached hydrogen (secondary N) is 2. The van der Waals surface area contributed by atoms with Crippen LogP contribution in [0.4, 0.5) is 11.4 Å². The van der Waals surface area contributed by atoms with E-state index in [2.05, 4.69) is 14.9 Å². The zero-order valence-electron chi connectivity index (χ0n) is 19.3. The van der Waals surface area contributed by atoms with E-state index in [1.807, 2.05) is 26.8 Å². The number of dihydropyridines is 1. The highest BCUT2D eigenvalue weighted by molar-refractivity contribution is 7.92. The first-order valence-corrected chi connectivity index (χ1v) is 13.0. The summed E-state index contributed by atoms with van der Waals surface area (Å²) < 4.78 is 34.6. The molecule has 2 aromatic carbocycles. The lowest BCUT2D eigenvalue weighted by atomic mass is 10.00. The van der Waals surface area contributed by atoms with Crippen LogP contribution in [0.25, 0.3) is 0 Å². The molecule has 0 radical (unpaired) electrons. The summed E-state index contributed by atoms with van der Waals surface area (Å²) in [5.74, 6) is -0.332. The van der Waals surface area contributed by atoms with E-state index in [0.29, 0.717) is 10.6 Å². The van der Waals surface area contributed by atoms with Crippen molar-refractivity contribution >= 4 is 38.8 Å². The number of hydrogen-bond donors (Lipinski definition) is 2. The van der Waals surface area contributed by atoms with Gasteiger partial charge in [0.1, 0.15) is 0 Å². The van der Waals surface area contributed by atoms with Gasteiger partial charge in [-0.1, -0.05) is 23.8 Å². The molecular weight excluding hydrogens is 474 g/mol. The number of allylic oxidation sites excluding steroid dienone is 2. The molecule has 1 saturated heterocycles. The van der Waals surface area contributed by atoms with Crippen molar-refractivity contribution in [1.29, 1.82) is 0 Å². The number of carbonyl (C=O) groups excluding carboxylic acids is 1. The molecule has 2 aliphatic heterocycles. The number of halogens is 1. The van der Waals surface area contributed by atoms with Gasteiger partial charge in [-0.3, -0.25) is 9.52 Å². The monoisotopic (exact) mass is 501 g/mol. The quantitative estimate of drug-likeness (QED) is 0.571. The van der Waals surface area contributed by atoms with Crippen molar-refractivity contribution in [2.24, 2.45) is 0 Å². The van der Waals surface area contributed by atoms with Gasteiger partial charge in [-0.05, 0) is 63.2 Å². The van der Waals surface area contributed by atoms with Gasteiger partial charge in [0, 0.05) is 47.2 Å². The van der Waals surface area contributed by atoms with Crippen LogP contribution in [0.15, 0.2) is 71.3 Å². The molecular formula is C25H28ClN3O4S. The van der Waals surface area contributed by atoms with E-state index in [9.17, 15) is 13.2 Å². The van der Waals surface area contributed by atoms with Crippen LogP contribution in [0.5, 0.6) is 0 Å². The first-order chi connectivity index (χ1) is 16.1. The normalized spacial score (nSPS) is 22.6. The summed E-state index contributed by atoms with van der Waals surface area (Å²) >= 11 is 6.13. The van der Waals surface area contributed by atoms with Gasteiger partial charge in [-0.15, -0.1) is 0 Å². The molecule has 0 aromatic heterocycles. The fourth-order valence-electron chi connectivity index (χ4n) is 4.09. The molecule has 2 heterocycles. The first kappa shape index (κ1) is 24.3. The molecule has 2 N–H and O–H groups in total. The summed E-state index contributed by atoms with van der Waals surface area (Å²) in [6.45, 7) is 7.48. The minimum Gasteiger partial charge on any atom is -0.384 e. The number of carbonyl (C=O) groups is 1. The second-order valence-electron chi connectivity index (χ2n) is 8.69. The summed E-state index contributed by atoms with van der Waals surface area (Å²) in [4.78, 5) is 15.4. The lowest BCUT2D eigenvalue weighted by molar-refractivity contribution is -0.00522. The molecule has 180 valence electrons. The zero-order chi connectivity index (χ0) is 24.5. The molecule has 1 unspecified atom stereocenters. The number of ether oxygens (including phenoxy) is 1. The van der Waals surface area contributed by atoms with E-state index in [0.717, 1.165) is 18.8 Å². The van der Waals surface area contributed by atoms with Crippen LogP contribution in [0, 0.1) is 0 Å². The maximum atomic E-state index is 13.1. The molecule has 1 fully saturated rings. The first-order valence-electron chi connectivity index (χ1n) is 11.1. The van der Waals surface area contributed by atoms with Gasteiger partial charge in [0.2, 0.25) is 0 Å². The molecule has 2 aromatic rings. The number of hydrogen-bond acceptors (Lipinski definition) is 6. The summed E-state index contributed by atoms with van der Waals surface area (Å²) in [5, 5.41) is 3.41. The number of anilines is 2. The maximum absolute atomic E-state index is 13.1. The third-order valence-corrected chi connectivity index (χ3v) is 7.35. The number of rotatable bonds is 6. The average Bonchev–Trinajstić information content (AvgIpc) is 2.79. The lowest BCUT2D eigenvalue weighted by Crippen LogP contribution is -2.45. The van der Waals surface area contributed by atoms with E-state index in [1.165, 1.54) is 12.1 Å². The molecule has 34 heavy (non-hydrogen) atoms. The van der Waals surface area contributed by atoms with Gasteiger partial charge >= 0.3 is 0 Å². The Morgan fingerprint density at radius 3 is 2.38 bits per heavy atom. The SMILES string of the molecule is CC1C=CC(C(=O)c2cc(Cl)ccc2NS(=O)(=O)c2ccc(N3C[C@@H](C)O[C@@H](C)C3)cc2)=CN1. The van der Waals surface area contributed by atoms with Crippen molar-refractivity contribution in [2.45, 2.75) is 43.9 Å². The molecule has 7 nitrogen and oxygen atoms in total. The van der Waals surface area contributed by atoms with Crippen molar-refractivity contribution in [3.63, 3.8) is 0 Å². The Labute approximate surface area is 205 Å². The fourth-order valence-corrected chi connectivity index (χ4v) is 5.34. The second kappa shape index (κ2) is 9.82. The predicted molar refractivity (Wildman–Crippen MR) is 135 cm³/mol. The lowest BCUT2D eigenvalue weighted by Gasteiger charge is -2.36. The number of nitrogens with zero attached hydrogens (tertiary/aromatic N) is 1. The van der Waals surface area contributed by atoms with E-state index >= 15 is 0 Å². The number of ketones is 1. The highest BCUT2D eigenvalue weighted by Crippen LogP contribution is 2.28. The van der Waals surface area contributed by atoms with Gasteiger partial charge in [-0.2, -0.15) is 0 Å². The van der Waals surface area contributed by atoms with Gasteiger partial charge in [0.25, 0.3) is 10.0 Å². The predicted octanol–water partition coefficient (Wildman–Crippen LogP) is 4.37. The molecule has 9 heteroatoms. The topological polar surface area (TPSA) is 87.7 Å². The highest BCUT2D eigenvalue weighted by Gasteiger charge is 2.24. The molecule has 0 saturated carbocycles. The van der Waals surface area contributed by atoms with Gasteiger partial charge in [-0.25, -0.2) is 8.42 Å². The molecule has 0 aliphatic carbocycles. The van der Waals surface area contributed by atoms with E-state index in [1.54, 1.807) is 42.6 Å². The maximum Gasteiger partial charge on any atom is 0.261 e. The van der Waals surface area contributed by atoms with Gasteiger partial charge in [0.05, 0.1) is 22.8 Å². The van der Waals surface area contributed by atoms with Crippen molar-refractivity contribution in [3.05, 3.63) is 77.0 Å². The smallest absolute Gasteiger partial charge is 0.261 e. The van der Waals surface area contributed by atoms with Crippen molar-refractivity contribution < 1.29 is 17.9 Å². The summed E-state index contributed by atoms with van der Waals surface area (Å²) in [6.07, 6.45) is 5.40. The molecule has 0 bridgehead atoms. The van der Waals surface area contributed by atoms with Gasteiger partial charge < -0.3 is 15.0 Å². The van der Waals surface area contributed by atoms with E-state index < -0.39 is 10.0 Å². The minimum absolute atomic E-state index is 0.0993. The van der Waals surface area contributed by atoms with Crippen LogP contribution in [0.2, 0.25) is 5.02 Å². The van der Waals surface area contributed by atoms with Crippen LogP contribution in [0.3, 0.4) is 0 Å². The van der Waals surface area contributed by atoms with Crippen LogP contribution < -0.4 is 14.9 Å². The Morgan fingerprint density at radius 1 is 1.09 bits per heavy atom. The third kappa shape index (κ3) is 5.46. The van der Waals surface area contributed by atoms with Crippen molar-refractivity contribution in [1.82, 2.24) is 5.32 Å². The Hall–Kier alpha value is -2.81. The number of benzene rings is 2. The number of sulfonamides is 1. The third-order valence-electron chi connectivity index (χ3n) is 5.73. The highest BCUT2D eigenvalue weighted by atomic mass is 35.5. The molecule has 2 aliphatic rings. The largest absolute Gasteiger partial charge is 0.384 e. The molecule has 0 amide bonds. The van der Waals surface area contributed by atoms with Crippen LogP contribution in [-0.4, -0.2) is 45.5 Å². The van der Waals surface area contributed by atoms with Crippen molar-refractivity contribution in [3.8, 4) is 0 Å². The molecule has 3 atom stereocenters. The standard InChI is InChI=1S/C25H28ClN3O4S/c1-16-4-5-19(13-27-16)25(30)23-12-20(26)6-11-24(23)28-34(31,32)22-9-7-21(8-10-22)29-14-17(2)33-18(3)15-29/h4-13,16-18,27-28H,14-15H2,1-3H3/t16?,17-,18+. The Morgan fingerprint density at radius 2 is 1.76 bits per heavy atom. The zero-order valence-corrected chi connectivity index (χ0v) is 20.9. The average molecular weight is 502 g/mol. The Balaban J connectivity index is 1.57. The van der Waals surface area contributed by atoms with Crippen LogP contribution in [0.1, 0.15) is 31.1 Å². The van der Waals surface area contributed by atoms with Crippen molar-refractivity contribution in [2.75, 3.05) is 22.7 Å². The minimum atomic E-state index is -3.93. The Bertz CT molecular complexity index is 1230. The van der Waals surface area contributed by atoms with Crippen LogP contribution in [-0.2, 0) is 14.8 Å². The van der Waals surface area contributed by atoms with E-state index in [-0.39, 0.29) is 40.2 Å². The number of Topliss-reactive ketones (excluding diaryl/α,β-unsaturated/α-hetero) is 1. The summed E-state index contributed by atoms with van der Waals surface area (Å²) in [7, 11) is -3.93. The summed E-state index contributed by atoms with van der Waals surface area (Å²) in [6, 6.07) is 11.3. The molecule has 0 spiro atoms. The van der Waals surface area contributed by atoms with E-state index in [4.69, 9.17) is 16.3 Å². The number of morpholine rings is 1. The summed E-state index contributed by atoms with van der Waals surface area (Å²) in [5.41, 5.74) is 1.69. The van der Waals surface area contributed by atoms with Gasteiger partial charge in [0.15, 0.2) is 5.78 Å². The fraction of sp³-hybridized carbons (Fsp3) is 0.320. The van der Waals surface area contributed by atoms with Crippen LogP contribution >= 0.6 is 11.6 Å². The molecule has 4 rings (SSSR count). The Kier molecular flexibility index (Phi) is 7.02.